The Balaban J connectivity index is 2.41. The summed E-state index contributed by atoms with van der Waals surface area (Å²) < 4.78 is 0. The van der Waals surface area contributed by atoms with Crippen LogP contribution in [0.2, 0.25) is 10.0 Å². The molecule has 0 fully saturated rings. The molecule has 116 valence electrons. The molecule has 0 aliphatic rings. The van der Waals surface area contributed by atoms with E-state index in [-0.39, 0.29) is 11.8 Å². The van der Waals surface area contributed by atoms with Gasteiger partial charge in [0.05, 0.1) is 6.04 Å². The highest BCUT2D eigenvalue weighted by Crippen LogP contribution is 2.27. The Morgan fingerprint density at radius 2 is 1.36 bits per heavy atom. The molecular formula is C18H19Cl2NO. The van der Waals surface area contributed by atoms with Gasteiger partial charge < -0.3 is 0 Å². The summed E-state index contributed by atoms with van der Waals surface area (Å²) in [5.74, 6) is 0.0719. The predicted molar refractivity (Wildman–Crippen MR) is 92.9 cm³/mol. The minimum Gasteiger partial charge on any atom is -0.292 e. The Labute approximate surface area is 141 Å². The molecule has 1 atom stereocenters. The number of likely N-dealkylation sites (N-methyl/N-ethyl adjacent to an activating group) is 1. The Morgan fingerprint density at radius 1 is 0.909 bits per heavy atom. The zero-order chi connectivity index (χ0) is 16.1. The Bertz CT molecular complexity index is 619. The summed E-state index contributed by atoms with van der Waals surface area (Å²) in [6.45, 7) is 5.70. The Morgan fingerprint density at radius 3 is 1.82 bits per heavy atom. The molecule has 0 aliphatic carbocycles. The standard InChI is InChI=1S/C18H19Cl2NO/c1-3-21(4-2)17(13-5-9-15(19)10-6-13)18(22)14-7-11-16(20)12-8-14/h5-12,17H,3-4H2,1-2H3/t17-/m1/s1. The van der Waals surface area contributed by atoms with Crippen LogP contribution in [0.1, 0.15) is 35.8 Å². The molecule has 0 aliphatic heterocycles. The molecule has 2 aromatic carbocycles. The second-order valence-corrected chi connectivity index (χ2v) is 5.92. The van der Waals surface area contributed by atoms with E-state index in [0.717, 1.165) is 18.7 Å². The van der Waals surface area contributed by atoms with E-state index in [0.29, 0.717) is 15.6 Å². The van der Waals surface area contributed by atoms with Crippen molar-refractivity contribution >= 4 is 29.0 Å². The molecule has 2 aromatic rings. The number of hydrogen-bond acceptors (Lipinski definition) is 2. The van der Waals surface area contributed by atoms with Crippen LogP contribution in [-0.4, -0.2) is 23.8 Å². The molecule has 2 nitrogen and oxygen atoms in total. The minimum absolute atomic E-state index is 0.0719. The van der Waals surface area contributed by atoms with Crippen molar-refractivity contribution in [3.63, 3.8) is 0 Å². The number of carbonyl (C=O) groups is 1. The molecule has 0 saturated carbocycles. The van der Waals surface area contributed by atoms with E-state index < -0.39 is 0 Å². The van der Waals surface area contributed by atoms with Gasteiger partial charge in [-0.2, -0.15) is 0 Å². The lowest BCUT2D eigenvalue weighted by molar-refractivity contribution is 0.0831. The fourth-order valence-corrected chi connectivity index (χ4v) is 2.79. The summed E-state index contributed by atoms with van der Waals surface area (Å²) in [4.78, 5) is 15.1. The van der Waals surface area contributed by atoms with Crippen molar-refractivity contribution in [3.05, 3.63) is 69.7 Å². The molecule has 22 heavy (non-hydrogen) atoms. The SMILES string of the molecule is CCN(CC)[C@@H](C(=O)c1ccc(Cl)cc1)c1ccc(Cl)cc1. The summed E-state index contributed by atoms with van der Waals surface area (Å²) in [5, 5.41) is 1.29. The second kappa shape index (κ2) is 7.77. The zero-order valence-corrected chi connectivity index (χ0v) is 14.2. The van der Waals surface area contributed by atoms with Gasteiger partial charge >= 0.3 is 0 Å². The predicted octanol–water partition coefficient (Wildman–Crippen LogP) is 5.26. The number of benzene rings is 2. The molecule has 0 radical (unpaired) electrons. The summed E-state index contributed by atoms with van der Waals surface area (Å²) in [6, 6.07) is 14.2. The van der Waals surface area contributed by atoms with Crippen LogP contribution in [-0.2, 0) is 0 Å². The topological polar surface area (TPSA) is 20.3 Å². The van der Waals surface area contributed by atoms with E-state index in [1.807, 2.05) is 24.3 Å². The number of carbonyl (C=O) groups excluding carboxylic acids is 1. The Hall–Kier alpha value is -1.35. The van der Waals surface area contributed by atoms with Gasteiger partial charge in [-0.15, -0.1) is 0 Å². The number of hydrogen-bond donors (Lipinski definition) is 0. The lowest BCUT2D eigenvalue weighted by Gasteiger charge is -2.29. The summed E-state index contributed by atoms with van der Waals surface area (Å²) in [7, 11) is 0. The minimum atomic E-state index is -0.312. The van der Waals surface area contributed by atoms with Gasteiger partial charge in [-0.05, 0) is 55.1 Å². The second-order valence-electron chi connectivity index (χ2n) is 5.05. The van der Waals surface area contributed by atoms with E-state index in [4.69, 9.17) is 23.2 Å². The van der Waals surface area contributed by atoms with Crippen molar-refractivity contribution in [2.75, 3.05) is 13.1 Å². The van der Waals surface area contributed by atoms with Gasteiger partial charge in [0.2, 0.25) is 0 Å². The molecule has 0 spiro atoms. The van der Waals surface area contributed by atoms with Crippen LogP contribution in [0.4, 0.5) is 0 Å². The smallest absolute Gasteiger partial charge is 0.184 e. The van der Waals surface area contributed by atoms with Gasteiger partial charge in [0.1, 0.15) is 0 Å². The highest BCUT2D eigenvalue weighted by Gasteiger charge is 2.26. The molecule has 0 unspecified atom stereocenters. The number of rotatable bonds is 6. The van der Waals surface area contributed by atoms with Gasteiger partial charge in [0, 0.05) is 15.6 Å². The molecule has 4 heteroatoms. The third-order valence-corrected chi connectivity index (χ3v) is 4.24. The lowest BCUT2D eigenvalue weighted by Crippen LogP contribution is -2.34. The van der Waals surface area contributed by atoms with Crippen LogP contribution in [0.15, 0.2) is 48.5 Å². The quantitative estimate of drug-likeness (QED) is 0.671. The van der Waals surface area contributed by atoms with Crippen LogP contribution in [0.25, 0.3) is 0 Å². The van der Waals surface area contributed by atoms with Crippen molar-refractivity contribution in [2.24, 2.45) is 0 Å². The molecule has 2 rings (SSSR count). The summed E-state index contributed by atoms with van der Waals surface area (Å²) >= 11 is 11.9. The van der Waals surface area contributed by atoms with Crippen LogP contribution in [0.5, 0.6) is 0 Å². The molecule has 0 bridgehead atoms. The van der Waals surface area contributed by atoms with E-state index in [1.54, 1.807) is 24.3 Å². The number of Topliss-reactive ketones (excluding diaryl/α,β-unsaturated/α-hetero) is 1. The third kappa shape index (κ3) is 3.89. The van der Waals surface area contributed by atoms with Crippen LogP contribution in [0.3, 0.4) is 0 Å². The van der Waals surface area contributed by atoms with Crippen molar-refractivity contribution < 1.29 is 4.79 Å². The number of ketones is 1. The highest BCUT2D eigenvalue weighted by molar-refractivity contribution is 6.31. The molecule has 0 amide bonds. The highest BCUT2D eigenvalue weighted by atomic mass is 35.5. The van der Waals surface area contributed by atoms with Gasteiger partial charge in [0.25, 0.3) is 0 Å². The molecular weight excluding hydrogens is 317 g/mol. The first kappa shape index (κ1) is 17.0. The normalized spacial score (nSPS) is 12.4. The van der Waals surface area contributed by atoms with Gasteiger partial charge in [0.15, 0.2) is 5.78 Å². The summed E-state index contributed by atoms with van der Waals surface area (Å²) in [5.41, 5.74) is 1.62. The van der Waals surface area contributed by atoms with E-state index in [9.17, 15) is 4.79 Å². The Kier molecular flexibility index (Phi) is 6.01. The largest absolute Gasteiger partial charge is 0.292 e. The lowest BCUT2D eigenvalue weighted by atomic mass is 9.96. The summed E-state index contributed by atoms with van der Waals surface area (Å²) in [6.07, 6.45) is 0. The van der Waals surface area contributed by atoms with Crippen LogP contribution >= 0.6 is 23.2 Å². The maximum Gasteiger partial charge on any atom is 0.184 e. The first-order chi connectivity index (χ1) is 10.6. The maximum absolute atomic E-state index is 13.0. The fourth-order valence-electron chi connectivity index (χ4n) is 2.53. The van der Waals surface area contributed by atoms with Gasteiger partial charge in [-0.1, -0.05) is 49.2 Å². The fraction of sp³-hybridized carbons (Fsp3) is 0.278. The monoisotopic (exact) mass is 335 g/mol. The first-order valence-corrected chi connectivity index (χ1v) is 8.11. The number of nitrogens with zero attached hydrogens (tertiary/aromatic N) is 1. The van der Waals surface area contributed by atoms with E-state index >= 15 is 0 Å². The average molecular weight is 336 g/mol. The molecule has 0 N–H and O–H groups in total. The molecule has 0 aromatic heterocycles. The van der Waals surface area contributed by atoms with Crippen molar-refractivity contribution in [1.82, 2.24) is 4.90 Å². The van der Waals surface area contributed by atoms with Crippen molar-refractivity contribution in [2.45, 2.75) is 19.9 Å². The van der Waals surface area contributed by atoms with Crippen molar-refractivity contribution in [1.29, 1.82) is 0 Å². The van der Waals surface area contributed by atoms with Gasteiger partial charge in [-0.3, -0.25) is 9.69 Å². The number of halogens is 2. The average Bonchev–Trinajstić information content (AvgIpc) is 2.54. The molecule has 0 heterocycles. The van der Waals surface area contributed by atoms with E-state index in [1.165, 1.54) is 0 Å². The third-order valence-electron chi connectivity index (χ3n) is 3.74. The maximum atomic E-state index is 13.0. The van der Waals surface area contributed by atoms with Crippen LogP contribution in [0, 0.1) is 0 Å². The van der Waals surface area contributed by atoms with Crippen molar-refractivity contribution in [3.8, 4) is 0 Å². The van der Waals surface area contributed by atoms with Crippen LogP contribution < -0.4 is 0 Å². The van der Waals surface area contributed by atoms with Gasteiger partial charge in [-0.25, -0.2) is 0 Å². The van der Waals surface area contributed by atoms with E-state index in [2.05, 4.69) is 18.7 Å². The molecule has 0 saturated heterocycles. The first-order valence-electron chi connectivity index (χ1n) is 7.36. The zero-order valence-electron chi connectivity index (χ0n) is 12.7.